The number of anilines is 1. The number of halogens is 2. The Labute approximate surface area is 150 Å². The molecule has 2 aromatic rings. The maximum atomic E-state index is 13.6. The molecule has 0 heterocycles. The van der Waals surface area contributed by atoms with E-state index in [0.29, 0.717) is 19.1 Å². The first-order valence-corrected chi connectivity index (χ1v) is 9.17. The van der Waals surface area contributed by atoms with Crippen molar-refractivity contribution >= 4 is 21.6 Å². The third kappa shape index (κ3) is 5.32. The van der Waals surface area contributed by atoms with Gasteiger partial charge >= 0.3 is 0 Å². The summed E-state index contributed by atoms with van der Waals surface area (Å²) in [5.74, 6) is -2.41. The van der Waals surface area contributed by atoms with Crippen LogP contribution in [0.15, 0.2) is 47.4 Å². The number of nitrogens with one attached hydrogen (secondary N) is 2. The average molecular weight is 384 g/mol. The van der Waals surface area contributed by atoms with Crippen LogP contribution in [0.2, 0.25) is 0 Å². The highest BCUT2D eigenvalue weighted by Gasteiger charge is 2.16. The van der Waals surface area contributed by atoms with Gasteiger partial charge < -0.3 is 10.1 Å². The molecule has 2 aromatic carbocycles. The molecule has 2 rings (SSSR count). The largest absolute Gasteiger partial charge is 0.385 e. The number of hydrogen-bond acceptors (Lipinski definition) is 4. The van der Waals surface area contributed by atoms with E-state index in [2.05, 4.69) is 10.0 Å². The van der Waals surface area contributed by atoms with Gasteiger partial charge in [0.15, 0.2) is 0 Å². The minimum atomic E-state index is -3.79. The van der Waals surface area contributed by atoms with E-state index in [-0.39, 0.29) is 22.7 Å². The molecule has 0 aromatic heterocycles. The van der Waals surface area contributed by atoms with Crippen molar-refractivity contribution in [2.24, 2.45) is 0 Å². The van der Waals surface area contributed by atoms with Crippen molar-refractivity contribution in [1.29, 1.82) is 0 Å². The van der Waals surface area contributed by atoms with E-state index in [1.54, 1.807) is 0 Å². The molecule has 6 nitrogen and oxygen atoms in total. The van der Waals surface area contributed by atoms with Gasteiger partial charge in [-0.05, 0) is 36.8 Å². The first kappa shape index (κ1) is 20.0. The summed E-state index contributed by atoms with van der Waals surface area (Å²) >= 11 is 0. The predicted molar refractivity (Wildman–Crippen MR) is 92.4 cm³/mol. The molecule has 0 bridgehead atoms. The van der Waals surface area contributed by atoms with Crippen molar-refractivity contribution in [2.75, 3.05) is 25.6 Å². The Bertz CT molecular complexity index is 888. The van der Waals surface area contributed by atoms with Crippen molar-refractivity contribution in [3.63, 3.8) is 0 Å². The zero-order valence-corrected chi connectivity index (χ0v) is 14.8. The zero-order chi connectivity index (χ0) is 19.2. The zero-order valence-electron chi connectivity index (χ0n) is 14.0. The fourth-order valence-corrected chi connectivity index (χ4v) is 3.22. The number of sulfonamides is 1. The first-order chi connectivity index (χ1) is 12.3. The molecule has 1 amide bonds. The lowest BCUT2D eigenvalue weighted by Gasteiger charge is -2.09. The Balaban J connectivity index is 2.13. The van der Waals surface area contributed by atoms with Crippen molar-refractivity contribution in [3.05, 3.63) is 59.7 Å². The molecule has 140 valence electrons. The predicted octanol–water partition coefficient (Wildman–Crippen LogP) is 2.53. The van der Waals surface area contributed by atoms with Gasteiger partial charge in [0, 0.05) is 31.9 Å². The number of carbonyl (C=O) groups is 1. The van der Waals surface area contributed by atoms with E-state index in [1.165, 1.54) is 31.4 Å². The lowest BCUT2D eigenvalue weighted by Crippen LogP contribution is -2.26. The van der Waals surface area contributed by atoms with E-state index in [4.69, 9.17) is 4.74 Å². The minimum absolute atomic E-state index is 0.0218. The van der Waals surface area contributed by atoms with Gasteiger partial charge in [0.25, 0.3) is 5.91 Å². The maximum absolute atomic E-state index is 13.6. The molecule has 0 saturated carbocycles. The van der Waals surface area contributed by atoms with Crippen LogP contribution in [0, 0.1) is 11.6 Å². The lowest BCUT2D eigenvalue weighted by atomic mass is 10.2. The van der Waals surface area contributed by atoms with E-state index in [9.17, 15) is 22.0 Å². The van der Waals surface area contributed by atoms with Crippen LogP contribution in [0.4, 0.5) is 14.5 Å². The van der Waals surface area contributed by atoms with E-state index in [0.717, 1.165) is 12.1 Å². The molecule has 0 aliphatic rings. The molecule has 0 saturated heterocycles. The van der Waals surface area contributed by atoms with Crippen LogP contribution in [-0.2, 0) is 14.8 Å². The molecule has 0 spiro atoms. The number of amides is 1. The SMILES string of the molecule is COCCCNS(=O)(=O)c1cccc(C(=O)Nc2ccc(F)cc2F)c1. The Kier molecular flexibility index (Phi) is 6.78. The van der Waals surface area contributed by atoms with Gasteiger partial charge in [-0.1, -0.05) is 6.07 Å². The third-order valence-corrected chi connectivity index (χ3v) is 4.86. The molecule has 0 fully saturated rings. The fourth-order valence-electron chi connectivity index (χ4n) is 2.10. The van der Waals surface area contributed by atoms with Crippen LogP contribution in [0.3, 0.4) is 0 Å². The number of hydrogen-bond donors (Lipinski definition) is 2. The van der Waals surface area contributed by atoms with Gasteiger partial charge in [-0.2, -0.15) is 0 Å². The molecule has 0 aliphatic heterocycles. The highest BCUT2D eigenvalue weighted by molar-refractivity contribution is 7.89. The number of ether oxygens (including phenoxy) is 1. The molecular weight excluding hydrogens is 366 g/mol. The second-order valence-electron chi connectivity index (χ2n) is 5.35. The number of rotatable bonds is 8. The van der Waals surface area contributed by atoms with Crippen LogP contribution in [0.25, 0.3) is 0 Å². The van der Waals surface area contributed by atoms with E-state index in [1.807, 2.05) is 0 Å². The van der Waals surface area contributed by atoms with Gasteiger partial charge in [-0.25, -0.2) is 21.9 Å². The Hall–Kier alpha value is -2.36. The van der Waals surface area contributed by atoms with Gasteiger partial charge in [-0.3, -0.25) is 4.79 Å². The van der Waals surface area contributed by atoms with Crippen LogP contribution < -0.4 is 10.0 Å². The Morgan fingerprint density at radius 2 is 1.92 bits per heavy atom. The molecule has 9 heteroatoms. The second-order valence-corrected chi connectivity index (χ2v) is 7.12. The van der Waals surface area contributed by atoms with Crippen LogP contribution in [0.1, 0.15) is 16.8 Å². The molecule has 0 aliphatic carbocycles. The summed E-state index contributed by atoms with van der Waals surface area (Å²) in [5, 5.41) is 2.28. The van der Waals surface area contributed by atoms with Gasteiger partial charge in [0.2, 0.25) is 10.0 Å². The highest BCUT2D eigenvalue weighted by Crippen LogP contribution is 2.17. The van der Waals surface area contributed by atoms with Crippen molar-refractivity contribution < 1.29 is 26.7 Å². The van der Waals surface area contributed by atoms with Crippen LogP contribution >= 0.6 is 0 Å². The fraction of sp³-hybridized carbons (Fsp3) is 0.235. The van der Waals surface area contributed by atoms with Crippen LogP contribution in [0.5, 0.6) is 0 Å². The van der Waals surface area contributed by atoms with Gasteiger partial charge in [0.1, 0.15) is 11.6 Å². The maximum Gasteiger partial charge on any atom is 0.255 e. The summed E-state index contributed by atoms with van der Waals surface area (Å²) in [6.07, 6.45) is 0.500. The van der Waals surface area contributed by atoms with Crippen molar-refractivity contribution in [2.45, 2.75) is 11.3 Å². The van der Waals surface area contributed by atoms with Gasteiger partial charge in [-0.15, -0.1) is 0 Å². The lowest BCUT2D eigenvalue weighted by molar-refractivity contribution is 0.102. The smallest absolute Gasteiger partial charge is 0.255 e. The number of benzene rings is 2. The molecule has 0 radical (unpaired) electrons. The summed E-state index contributed by atoms with van der Waals surface area (Å²) < 4.78 is 58.2. The summed E-state index contributed by atoms with van der Waals surface area (Å²) in [5.41, 5.74) is -0.184. The van der Waals surface area contributed by atoms with E-state index < -0.39 is 27.6 Å². The summed E-state index contributed by atoms with van der Waals surface area (Å²) in [6, 6.07) is 8.04. The summed E-state index contributed by atoms with van der Waals surface area (Å²) in [4.78, 5) is 12.1. The monoisotopic (exact) mass is 384 g/mol. The van der Waals surface area contributed by atoms with E-state index >= 15 is 0 Å². The topological polar surface area (TPSA) is 84.5 Å². The molecule has 2 N–H and O–H groups in total. The second kappa shape index (κ2) is 8.84. The Morgan fingerprint density at radius 1 is 1.15 bits per heavy atom. The third-order valence-electron chi connectivity index (χ3n) is 3.40. The van der Waals surface area contributed by atoms with Crippen molar-refractivity contribution in [3.8, 4) is 0 Å². The van der Waals surface area contributed by atoms with Crippen molar-refractivity contribution in [1.82, 2.24) is 4.72 Å². The summed E-state index contributed by atoms with van der Waals surface area (Å²) in [7, 11) is -2.28. The molecule has 26 heavy (non-hydrogen) atoms. The minimum Gasteiger partial charge on any atom is -0.385 e. The Morgan fingerprint density at radius 3 is 2.62 bits per heavy atom. The number of carbonyl (C=O) groups excluding carboxylic acids is 1. The average Bonchev–Trinajstić information content (AvgIpc) is 2.61. The molecule has 0 unspecified atom stereocenters. The van der Waals surface area contributed by atoms with Gasteiger partial charge in [0.05, 0.1) is 10.6 Å². The van der Waals surface area contributed by atoms with Crippen LogP contribution in [-0.4, -0.2) is 34.6 Å². The normalized spacial score (nSPS) is 11.3. The highest BCUT2D eigenvalue weighted by atomic mass is 32.2. The standard InChI is InChI=1S/C17H18F2N2O4S/c1-25-9-3-8-20-26(23,24)14-5-2-4-12(10-14)17(22)21-16-7-6-13(18)11-15(16)19/h2,4-7,10-11,20H,3,8-9H2,1H3,(H,21,22). The molecular formula is C17H18F2N2O4S. The first-order valence-electron chi connectivity index (χ1n) is 7.68. The summed E-state index contributed by atoms with van der Waals surface area (Å²) in [6.45, 7) is 0.599. The number of methoxy groups -OCH3 is 1. The molecule has 0 atom stereocenters. The quantitative estimate of drug-likeness (QED) is 0.685.